The third-order valence-electron chi connectivity index (χ3n) is 4.40. The molecule has 1 heterocycles. The quantitative estimate of drug-likeness (QED) is 0.903. The molecule has 1 fully saturated rings. The average molecular weight is 308 g/mol. The van der Waals surface area contributed by atoms with Crippen molar-refractivity contribution < 1.29 is 14.3 Å². The van der Waals surface area contributed by atoms with Crippen molar-refractivity contribution in [2.45, 2.75) is 32.4 Å². The Morgan fingerprint density at radius 2 is 2.32 bits per heavy atom. The first-order valence-corrected chi connectivity index (χ1v) is 7.85. The summed E-state index contributed by atoms with van der Waals surface area (Å²) in [5, 5.41) is 9.30. The van der Waals surface area contributed by atoms with Gasteiger partial charge >= 0.3 is 0 Å². The monoisotopic (exact) mass is 308 g/mol. The Balaban J connectivity index is 1.94. The van der Waals surface area contributed by atoms with Crippen LogP contribution in [-0.2, 0) is 11.3 Å². The Labute approximate surface area is 131 Å². The summed E-state index contributed by atoms with van der Waals surface area (Å²) in [6, 6.07) is 6.12. The lowest BCUT2D eigenvalue weighted by Gasteiger charge is -2.36. The van der Waals surface area contributed by atoms with Crippen LogP contribution in [0.1, 0.15) is 25.3 Å². The van der Waals surface area contributed by atoms with E-state index in [1.54, 1.807) is 18.0 Å². The number of nitrogens with zero attached hydrogens (tertiary/aromatic N) is 2. The molecule has 1 aliphatic heterocycles. The van der Waals surface area contributed by atoms with Gasteiger partial charge in [0.1, 0.15) is 5.82 Å². The SMILES string of the molecule is CC(C(=O)N(C)Cc1cccc(F)c1)N1CCCC(CO)C1. The highest BCUT2D eigenvalue weighted by Crippen LogP contribution is 2.19. The highest BCUT2D eigenvalue weighted by atomic mass is 19.1. The van der Waals surface area contributed by atoms with Crippen LogP contribution in [0.3, 0.4) is 0 Å². The third kappa shape index (κ3) is 4.27. The van der Waals surface area contributed by atoms with E-state index in [4.69, 9.17) is 0 Å². The molecule has 1 saturated heterocycles. The molecule has 5 heteroatoms. The lowest BCUT2D eigenvalue weighted by Crippen LogP contribution is -2.49. The van der Waals surface area contributed by atoms with Crippen molar-refractivity contribution in [2.24, 2.45) is 5.92 Å². The molecule has 1 aromatic rings. The minimum Gasteiger partial charge on any atom is -0.396 e. The van der Waals surface area contributed by atoms with Gasteiger partial charge in [0.25, 0.3) is 0 Å². The van der Waals surface area contributed by atoms with Crippen LogP contribution in [0.5, 0.6) is 0 Å². The van der Waals surface area contributed by atoms with E-state index in [2.05, 4.69) is 4.90 Å². The van der Waals surface area contributed by atoms with E-state index in [1.165, 1.54) is 12.1 Å². The Bertz CT molecular complexity index is 509. The summed E-state index contributed by atoms with van der Waals surface area (Å²) < 4.78 is 13.2. The van der Waals surface area contributed by atoms with E-state index < -0.39 is 0 Å². The van der Waals surface area contributed by atoms with Gasteiger partial charge < -0.3 is 10.0 Å². The van der Waals surface area contributed by atoms with E-state index in [-0.39, 0.29) is 30.3 Å². The zero-order valence-electron chi connectivity index (χ0n) is 13.3. The number of carbonyl (C=O) groups excluding carboxylic acids is 1. The number of benzene rings is 1. The molecule has 1 aromatic carbocycles. The normalized spacial score (nSPS) is 20.6. The lowest BCUT2D eigenvalue weighted by atomic mass is 9.97. The Hall–Kier alpha value is -1.46. The number of carbonyl (C=O) groups is 1. The molecule has 0 radical (unpaired) electrons. The standard InChI is InChI=1S/C17H25FN2O2/c1-13(20-8-4-6-15(11-20)12-21)17(22)19(2)10-14-5-3-7-16(18)9-14/h3,5,7,9,13,15,21H,4,6,8,10-12H2,1-2H3. The number of likely N-dealkylation sites (N-methyl/N-ethyl adjacent to an activating group) is 1. The smallest absolute Gasteiger partial charge is 0.239 e. The summed E-state index contributed by atoms with van der Waals surface area (Å²) in [5.41, 5.74) is 0.787. The van der Waals surface area contributed by atoms with Gasteiger partial charge in [-0.15, -0.1) is 0 Å². The number of rotatable bonds is 5. The van der Waals surface area contributed by atoms with Crippen molar-refractivity contribution in [3.8, 4) is 0 Å². The van der Waals surface area contributed by atoms with Crippen LogP contribution in [0.2, 0.25) is 0 Å². The molecule has 1 aliphatic rings. The lowest BCUT2D eigenvalue weighted by molar-refractivity contribution is -0.136. The molecule has 0 spiro atoms. The molecule has 0 bridgehead atoms. The second-order valence-electron chi connectivity index (χ2n) is 6.19. The van der Waals surface area contributed by atoms with Gasteiger partial charge in [-0.05, 0) is 49.9 Å². The van der Waals surface area contributed by atoms with Gasteiger partial charge in [-0.3, -0.25) is 9.69 Å². The minimum atomic E-state index is -0.284. The topological polar surface area (TPSA) is 43.8 Å². The summed E-state index contributed by atoms with van der Waals surface area (Å²) in [6.45, 7) is 4.13. The maximum absolute atomic E-state index is 13.2. The van der Waals surface area contributed by atoms with Crippen molar-refractivity contribution in [1.29, 1.82) is 0 Å². The molecule has 0 aliphatic carbocycles. The molecule has 0 saturated carbocycles. The number of piperidine rings is 1. The molecule has 2 atom stereocenters. The van der Waals surface area contributed by atoms with Crippen LogP contribution >= 0.6 is 0 Å². The molecule has 1 N–H and O–H groups in total. The van der Waals surface area contributed by atoms with Gasteiger partial charge in [-0.25, -0.2) is 4.39 Å². The van der Waals surface area contributed by atoms with Gasteiger partial charge in [0.05, 0.1) is 6.04 Å². The largest absolute Gasteiger partial charge is 0.396 e. The number of hydrogen-bond donors (Lipinski definition) is 1. The molecule has 122 valence electrons. The molecule has 4 nitrogen and oxygen atoms in total. The second kappa shape index (κ2) is 7.70. The van der Waals surface area contributed by atoms with Gasteiger partial charge in [-0.2, -0.15) is 0 Å². The number of hydrogen-bond acceptors (Lipinski definition) is 3. The molecule has 0 aromatic heterocycles. The van der Waals surface area contributed by atoms with Gasteiger partial charge in [-0.1, -0.05) is 12.1 Å². The van der Waals surface area contributed by atoms with Gasteiger partial charge in [0.15, 0.2) is 0 Å². The number of amides is 1. The van der Waals surface area contributed by atoms with E-state index in [0.29, 0.717) is 6.54 Å². The number of likely N-dealkylation sites (tertiary alicyclic amines) is 1. The molecular formula is C17H25FN2O2. The third-order valence-corrected chi connectivity index (χ3v) is 4.40. The first kappa shape index (κ1) is 16.9. The van der Waals surface area contributed by atoms with Crippen LogP contribution in [0.25, 0.3) is 0 Å². The van der Waals surface area contributed by atoms with Crippen LogP contribution in [-0.4, -0.2) is 53.6 Å². The zero-order chi connectivity index (χ0) is 16.1. The van der Waals surface area contributed by atoms with Gasteiger partial charge in [0, 0.05) is 26.7 Å². The van der Waals surface area contributed by atoms with Crippen molar-refractivity contribution in [2.75, 3.05) is 26.7 Å². The summed E-state index contributed by atoms with van der Waals surface area (Å²) >= 11 is 0. The fourth-order valence-electron chi connectivity index (χ4n) is 3.06. The zero-order valence-corrected chi connectivity index (χ0v) is 13.3. The molecular weight excluding hydrogens is 283 g/mol. The van der Waals surface area contributed by atoms with Crippen LogP contribution in [0.15, 0.2) is 24.3 Å². The van der Waals surface area contributed by atoms with E-state index in [0.717, 1.165) is 31.5 Å². The van der Waals surface area contributed by atoms with E-state index in [1.807, 2.05) is 13.0 Å². The highest BCUT2D eigenvalue weighted by Gasteiger charge is 2.28. The van der Waals surface area contributed by atoms with Crippen molar-refractivity contribution in [3.63, 3.8) is 0 Å². The average Bonchev–Trinajstić information content (AvgIpc) is 2.53. The van der Waals surface area contributed by atoms with Crippen LogP contribution < -0.4 is 0 Å². The summed E-state index contributed by atoms with van der Waals surface area (Å²) in [7, 11) is 1.75. The van der Waals surface area contributed by atoms with Crippen molar-refractivity contribution in [1.82, 2.24) is 9.80 Å². The first-order chi connectivity index (χ1) is 10.5. The Morgan fingerprint density at radius 1 is 1.55 bits per heavy atom. The second-order valence-corrected chi connectivity index (χ2v) is 6.19. The van der Waals surface area contributed by atoms with E-state index in [9.17, 15) is 14.3 Å². The van der Waals surface area contributed by atoms with Crippen molar-refractivity contribution >= 4 is 5.91 Å². The summed E-state index contributed by atoms with van der Waals surface area (Å²) in [4.78, 5) is 16.3. The maximum Gasteiger partial charge on any atom is 0.239 e. The maximum atomic E-state index is 13.2. The predicted molar refractivity (Wildman–Crippen MR) is 83.7 cm³/mol. The predicted octanol–water partition coefficient (Wildman–Crippen LogP) is 1.88. The van der Waals surface area contributed by atoms with Gasteiger partial charge in [0.2, 0.25) is 5.91 Å². The first-order valence-electron chi connectivity index (χ1n) is 7.85. The highest BCUT2D eigenvalue weighted by molar-refractivity contribution is 5.81. The molecule has 22 heavy (non-hydrogen) atoms. The fourth-order valence-corrected chi connectivity index (χ4v) is 3.06. The Morgan fingerprint density at radius 3 is 3.00 bits per heavy atom. The summed E-state index contributed by atoms with van der Waals surface area (Å²) in [5.74, 6) is 0.00796. The van der Waals surface area contributed by atoms with Crippen LogP contribution in [0.4, 0.5) is 4.39 Å². The molecule has 2 unspecified atom stereocenters. The fraction of sp³-hybridized carbons (Fsp3) is 0.588. The van der Waals surface area contributed by atoms with E-state index >= 15 is 0 Å². The number of aliphatic hydroxyl groups excluding tert-OH is 1. The number of aliphatic hydroxyl groups is 1. The minimum absolute atomic E-state index is 0.0304. The van der Waals surface area contributed by atoms with Crippen LogP contribution in [0, 0.1) is 11.7 Å². The molecule has 1 amide bonds. The number of halogens is 1. The molecule has 2 rings (SSSR count). The Kier molecular flexibility index (Phi) is 5.91. The summed E-state index contributed by atoms with van der Waals surface area (Å²) in [6.07, 6.45) is 2.03. The van der Waals surface area contributed by atoms with Crippen molar-refractivity contribution in [3.05, 3.63) is 35.6 Å².